The summed E-state index contributed by atoms with van der Waals surface area (Å²) in [5.74, 6) is -0.357. The first-order valence-electron chi connectivity index (χ1n) is 8.90. The lowest BCUT2D eigenvalue weighted by molar-refractivity contribution is -0.120. The summed E-state index contributed by atoms with van der Waals surface area (Å²) in [4.78, 5) is 27.7. The molecule has 0 aliphatic heterocycles. The number of benzene rings is 2. The van der Waals surface area contributed by atoms with Crippen molar-refractivity contribution in [3.8, 4) is 17.2 Å². The average Bonchev–Trinajstić information content (AvgIpc) is 3.24. The maximum atomic E-state index is 12.8. The molecule has 0 saturated carbocycles. The fourth-order valence-corrected chi connectivity index (χ4v) is 2.75. The number of aromatic nitrogens is 3. The molecule has 0 bridgehead atoms. The summed E-state index contributed by atoms with van der Waals surface area (Å²) in [5.41, 5.74) is 6.98. The lowest BCUT2D eigenvalue weighted by Crippen LogP contribution is -2.20. The molecule has 0 spiro atoms. The quantitative estimate of drug-likeness (QED) is 0.545. The molecule has 0 aliphatic carbocycles. The van der Waals surface area contributed by atoms with Crippen molar-refractivity contribution in [3.05, 3.63) is 60.2 Å². The van der Waals surface area contributed by atoms with Crippen LogP contribution in [0.3, 0.4) is 0 Å². The number of nitrogens with zero attached hydrogens (tertiary/aromatic N) is 3. The summed E-state index contributed by atoms with van der Waals surface area (Å²) in [6, 6.07) is 10.4. The topological polar surface area (TPSA) is 131 Å². The Morgan fingerprint density at radius 3 is 2.47 bits per heavy atom. The molecule has 0 radical (unpaired) electrons. The number of carbonyl (C=O) groups is 2. The monoisotopic (exact) mass is 411 g/mol. The third-order valence-electron chi connectivity index (χ3n) is 4.08. The Morgan fingerprint density at radius 1 is 1.13 bits per heavy atom. The zero-order chi connectivity index (χ0) is 21.5. The van der Waals surface area contributed by atoms with Gasteiger partial charge in [-0.1, -0.05) is 12.1 Å². The Balaban J connectivity index is 1.80. The molecule has 0 unspecified atom stereocenters. The Kier molecular flexibility index (Phi) is 6.48. The highest BCUT2D eigenvalue weighted by Gasteiger charge is 2.18. The Labute approximate surface area is 172 Å². The van der Waals surface area contributed by atoms with Gasteiger partial charge in [0.25, 0.3) is 11.8 Å². The van der Waals surface area contributed by atoms with E-state index in [9.17, 15) is 9.59 Å². The minimum Gasteiger partial charge on any atom is -0.493 e. The van der Waals surface area contributed by atoms with Crippen LogP contribution >= 0.6 is 0 Å². The summed E-state index contributed by atoms with van der Waals surface area (Å²) in [5, 5.41) is 6.91. The van der Waals surface area contributed by atoms with E-state index in [4.69, 9.17) is 19.9 Å². The zero-order valence-corrected chi connectivity index (χ0v) is 16.5. The van der Waals surface area contributed by atoms with Crippen LogP contribution in [0.4, 0.5) is 5.69 Å². The predicted molar refractivity (Wildman–Crippen MR) is 108 cm³/mol. The van der Waals surface area contributed by atoms with Crippen LogP contribution in [0, 0.1) is 0 Å². The van der Waals surface area contributed by atoms with Gasteiger partial charge in [-0.2, -0.15) is 5.10 Å². The fourth-order valence-electron chi connectivity index (χ4n) is 2.75. The van der Waals surface area contributed by atoms with Gasteiger partial charge in [-0.05, 0) is 29.8 Å². The second-order valence-electron chi connectivity index (χ2n) is 6.21. The van der Waals surface area contributed by atoms with Crippen LogP contribution in [0.25, 0.3) is 0 Å². The molecule has 3 N–H and O–H groups in total. The van der Waals surface area contributed by atoms with Gasteiger partial charge in [0.2, 0.25) is 5.75 Å². The first-order valence-corrected chi connectivity index (χ1v) is 8.90. The van der Waals surface area contributed by atoms with Crippen molar-refractivity contribution >= 4 is 17.5 Å². The van der Waals surface area contributed by atoms with Gasteiger partial charge in [-0.3, -0.25) is 9.59 Å². The predicted octanol–water partition coefficient (Wildman–Crippen LogP) is 1.46. The van der Waals surface area contributed by atoms with Gasteiger partial charge in [-0.15, -0.1) is 0 Å². The number of hydrogen-bond donors (Lipinski definition) is 2. The Bertz CT molecular complexity index is 1010. The first kappa shape index (κ1) is 20.6. The van der Waals surface area contributed by atoms with E-state index in [0.29, 0.717) is 12.2 Å². The molecular weight excluding hydrogens is 390 g/mol. The summed E-state index contributed by atoms with van der Waals surface area (Å²) < 4.78 is 17.6. The standard InChI is InChI=1S/C20H21N5O5/c1-28-16-7-14(8-17(29-2)19(16)30-10-18(21)26)20(27)24-15-5-3-4-13(6-15)9-25-12-22-11-23-25/h3-8,11-12H,9-10H2,1-2H3,(H2,21,26)(H,24,27). The van der Waals surface area contributed by atoms with Crippen LogP contribution in [0.15, 0.2) is 49.1 Å². The number of hydrogen-bond acceptors (Lipinski definition) is 7. The molecule has 0 atom stereocenters. The molecule has 2 aromatic carbocycles. The van der Waals surface area contributed by atoms with E-state index in [1.54, 1.807) is 17.1 Å². The van der Waals surface area contributed by atoms with Gasteiger partial charge < -0.3 is 25.3 Å². The van der Waals surface area contributed by atoms with Gasteiger partial charge in [0, 0.05) is 11.3 Å². The van der Waals surface area contributed by atoms with Crippen LogP contribution in [0.2, 0.25) is 0 Å². The lowest BCUT2D eigenvalue weighted by atomic mass is 10.1. The number of ether oxygens (including phenoxy) is 3. The Morgan fingerprint density at radius 2 is 1.87 bits per heavy atom. The third kappa shape index (κ3) is 5.04. The molecule has 3 aromatic rings. The fraction of sp³-hybridized carbons (Fsp3) is 0.200. The summed E-state index contributed by atoms with van der Waals surface area (Å²) in [7, 11) is 2.84. The highest BCUT2D eigenvalue weighted by Crippen LogP contribution is 2.38. The largest absolute Gasteiger partial charge is 0.493 e. The zero-order valence-electron chi connectivity index (χ0n) is 16.5. The number of rotatable bonds is 9. The van der Waals surface area contributed by atoms with Crippen LogP contribution in [-0.4, -0.2) is 47.4 Å². The van der Waals surface area contributed by atoms with E-state index in [0.717, 1.165) is 5.56 Å². The van der Waals surface area contributed by atoms with Crippen molar-refractivity contribution in [2.24, 2.45) is 5.73 Å². The van der Waals surface area contributed by atoms with Crippen molar-refractivity contribution in [1.82, 2.24) is 14.8 Å². The molecule has 10 heteroatoms. The number of amides is 2. The molecule has 1 aromatic heterocycles. The Hall–Kier alpha value is -4.08. The van der Waals surface area contributed by atoms with E-state index in [-0.39, 0.29) is 35.3 Å². The maximum absolute atomic E-state index is 12.8. The molecular formula is C20H21N5O5. The summed E-state index contributed by atoms with van der Waals surface area (Å²) in [6.45, 7) is 0.175. The maximum Gasteiger partial charge on any atom is 0.255 e. The second-order valence-corrected chi connectivity index (χ2v) is 6.21. The molecule has 0 aliphatic rings. The highest BCUT2D eigenvalue weighted by atomic mass is 16.5. The number of carbonyl (C=O) groups excluding carboxylic acids is 2. The van der Waals surface area contributed by atoms with Gasteiger partial charge in [0.05, 0.1) is 20.8 Å². The first-order chi connectivity index (χ1) is 14.5. The van der Waals surface area contributed by atoms with Crippen LogP contribution in [0.1, 0.15) is 15.9 Å². The van der Waals surface area contributed by atoms with Crippen LogP contribution in [0.5, 0.6) is 17.2 Å². The highest BCUT2D eigenvalue weighted by molar-refractivity contribution is 6.05. The minimum absolute atomic E-state index is 0.185. The average molecular weight is 411 g/mol. The molecule has 0 saturated heterocycles. The number of anilines is 1. The van der Waals surface area contributed by atoms with Gasteiger partial charge in [-0.25, -0.2) is 9.67 Å². The smallest absolute Gasteiger partial charge is 0.255 e. The molecule has 156 valence electrons. The molecule has 30 heavy (non-hydrogen) atoms. The van der Waals surface area contributed by atoms with Crippen molar-refractivity contribution in [2.75, 3.05) is 26.1 Å². The third-order valence-corrected chi connectivity index (χ3v) is 4.08. The van der Waals surface area contributed by atoms with Crippen LogP contribution < -0.4 is 25.3 Å². The van der Waals surface area contributed by atoms with E-state index in [1.165, 1.54) is 32.7 Å². The number of primary amides is 1. The SMILES string of the molecule is COc1cc(C(=O)Nc2cccc(Cn3cncn3)c2)cc(OC)c1OCC(N)=O. The van der Waals surface area contributed by atoms with E-state index in [1.807, 2.05) is 18.2 Å². The van der Waals surface area contributed by atoms with Crippen molar-refractivity contribution < 1.29 is 23.8 Å². The minimum atomic E-state index is -0.647. The van der Waals surface area contributed by atoms with Crippen molar-refractivity contribution in [1.29, 1.82) is 0 Å². The number of nitrogens with one attached hydrogen (secondary N) is 1. The summed E-state index contributed by atoms with van der Waals surface area (Å²) in [6.07, 6.45) is 3.08. The van der Waals surface area contributed by atoms with E-state index < -0.39 is 5.91 Å². The van der Waals surface area contributed by atoms with Gasteiger partial charge in [0.1, 0.15) is 12.7 Å². The number of methoxy groups -OCH3 is 2. The molecule has 2 amide bonds. The molecule has 0 fully saturated rings. The van der Waals surface area contributed by atoms with Gasteiger partial charge >= 0.3 is 0 Å². The van der Waals surface area contributed by atoms with E-state index >= 15 is 0 Å². The van der Waals surface area contributed by atoms with E-state index in [2.05, 4.69) is 15.4 Å². The molecule has 1 heterocycles. The number of nitrogens with two attached hydrogens (primary N) is 1. The second kappa shape index (κ2) is 9.41. The summed E-state index contributed by atoms with van der Waals surface area (Å²) >= 11 is 0. The lowest BCUT2D eigenvalue weighted by Gasteiger charge is -2.15. The van der Waals surface area contributed by atoms with Crippen molar-refractivity contribution in [2.45, 2.75) is 6.54 Å². The molecule has 3 rings (SSSR count). The van der Waals surface area contributed by atoms with Crippen molar-refractivity contribution in [3.63, 3.8) is 0 Å². The normalized spacial score (nSPS) is 10.3. The molecule has 10 nitrogen and oxygen atoms in total. The van der Waals surface area contributed by atoms with Crippen LogP contribution in [-0.2, 0) is 11.3 Å². The van der Waals surface area contributed by atoms with Gasteiger partial charge in [0.15, 0.2) is 18.1 Å².